The molecule has 2 aliphatic rings. The van der Waals surface area contributed by atoms with E-state index in [9.17, 15) is 0 Å². The lowest BCUT2D eigenvalue weighted by molar-refractivity contribution is -0.0858. The van der Waals surface area contributed by atoms with E-state index in [1.807, 2.05) is 12.2 Å². The van der Waals surface area contributed by atoms with Gasteiger partial charge in [0.25, 0.3) is 0 Å². The number of hydrogen-bond donors (Lipinski definition) is 0. The first-order chi connectivity index (χ1) is 11.3. The molecule has 0 atom stereocenters. The average Bonchev–Trinajstić information content (AvgIpc) is 2.85. The molecule has 2 aromatic carbocycles. The SMILES string of the molecule is C=Cc1cc2c(cc1C=C)C1(c3ccccc3-2)C(C)(C)CC1(C)C. The van der Waals surface area contributed by atoms with E-state index in [0.717, 1.165) is 0 Å². The van der Waals surface area contributed by atoms with Crippen molar-refractivity contribution in [2.45, 2.75) is 39.5 Å². The van der Waals surface area contributed by atoms with Crippen LogP contribution in [0.25, 0.3) is 23.3 Å². The van der Waals surface area contributed by atoms with E-state index in [-0.39, 0.29) is 16.2 Å². The van der Waals surface area contributed by atoms with E-state index in [4.69, 9.17) is 0 Å². The molecule has 1 saturated carbocycles. The van der Waals surface area contributed by atoms with Gasteiger partial charge in [0.2, 0.25) is 0 Å². The standard InChI is InChI=1S/C24H26/c1-7-16-13-19-18-11-9-10-12-20(18)24(21(19)14-17(16)8-2)22(3,4)15-23(24,5)6/h7-14H,1-2,15H2,3-6H3. The third-order valence-electron chi connectivity index (χ3n) is 6.60. The molecule has 1 spiro atoms. The molecule has 0 heteroatoms. The molecule has 0 unspecified atom stereocenters. The Kier molecular flexibility index (Phi) is 2.90. The summed E-state index contributed by atoms with van der Waals surface area (Å²) < 4.78 is 0. The van der Waals surface area contributed by atoms with E-state index >= 15 is 0 Å². The van der Waals surface area contributed by atoms with Crippen LogP contribution in [0.5, 0.6) is 0 Å². The van der Waals surface area contributed by atoms with Crippen molar-refractivity contribution in [3.05, 3.63) is 71.8 Å². The van der Waals surface area contributed by atoms with E-state index in [0.29, 0.717) is 0 Å². The van der Waals surface area contributed by atoms with Gasteiger partial charge < -0.3 is 0 Å². The van der Waals surface area contributed by atoms with Crippen LogP contribution in [-0.4, -0.2) is 0 Å². The Balaban J connectivity index is 2.16. The van der Waals surface area contributed by atoms with E-state index in [1.165, 1.54) is 39.8 Å². The predicted molar refractivity (Wildman–Crippen MR) is 105 cm³/mol. The molecule has 0 N–H and O–H groups in total. The summed E-state index contributed by atoms with van der Waals surface area (Å²) in [5.74, 6) is 0. The van der Waals surface area contributed by atoms with Crippen molar-refractivity contribution in [1.29, 1.82) is 0 Å². The molecule has 0 saturated heterocycles. The van der Waals surface area contributed by atoms with Crippen molar-refractivity contribution in [2.24, 2.45) is 10.8 Å². The Morgan fingerprint density at radius 2 is 1.38 bits per heavy atom. The molecule has 24 heavy (non-hydrogen) atoms. The van der Waals surface area contributed by atoms with E-state index in [2.05, 4.69) is 77.3 Å². The first-order valence-electron chi connectivity index (χ1n) is 8.83. The van der Waals surface area contributed by atoms with Crippen LogP contribution in [0.15, 0.2) is 49.6 Å². The van der Waals surface area contributed by atoms with Gasteiger partial charge in [-0.05, 0) is 62.8 Å². The maximum atomic E-state index is 4.03. The Morgan fingerprint density at radius 1 is 0.792 bits per heavy atom. The zero-order valence-electron chi connectivity index (χ0n) is 15.2. The monoisotopic (exact) mass is 314 g/mol. The fourth-order valence-electron chi connectivity index (χ4n) is 6.35. The maximum Gasteiger partial charge on any atom is 0.0317 e. The van der Waals surface area contributed by atoms with Crippen LogP contribution in [0.2, 0.25) is 0 Å². The summed E-state index contributed by atoms with van der Waals surface area (Å²) in [5.41, 5.74) is 8.67. The second kappa shape index (κ2) is 4.51. The van der Waals surface area contributed by atoms with Crippen molar-refractivity contribution in [2.75, 3.05) is 0 Å². The minimum absolute atomic E-state index is 0.0728. The van der Waals surface area contributed by atoms with Gasteiger partial charge in [-0.15, -0.1) is 0 Å². The number of rotatable bonds is 2. The van der Waals surface area contributed by atoms with Crippen LogP contribution in [0, 0.1) is 10.8 Å². The number of fused-ring (bicyclic) bond motifs is 5. The van der Waals surface area contributed by atoms with Gasteiger partial charge in [-0.3, -0.25) is 0 Å². The molecule has 0 amide bonds. The van der Waals surface area contributed by atoms with Crippen molar-refractivity contribution < 1.29 is 0 Å². The second-order valence-electron chi connectivity index (χ2n) is 8.68. The second-order valence-corrected chi connectivity index (χ2v) is 8.68. The topological polar surface area (TPSA) is 0 Å². The fourth-order valence-corrected chi connectivity index (χ4v) is 6.35. The summed E-state index contributed by atoms with van der Waals surface area (Å²) in [6, 6.07) is 13.7. The van der Waals surface area contributed by atoms with Crippen LogP contribution in [0.3, 0.4) is 0 Å². The zero-order chi connectivity index (χ0) is 17.3. The molecule has 0 bridgehead atoms. The molecular formula is C24H26. The Morgan fingerprint density at radius 3 is 1.96 bits per heavy atom. The third kappa shape index (κ3) is 1.50. The predicted octanol–water partition coefficient (Wildman–Crippen LogP) is 6.70. The van der Waals surface area contributed by atoms with E-state index in [1.54, 1.807) is 0 Å². The van der Waals surface area contributed by atoms with Crippen LogP contribution in [0.1, 0.15) is 56.4 Å². The minimum Gasteiger partial charge on any atom is -0.0984 e. The van der Waals surface area contributed by atoms with Gasteiger partial charge in [0.15, 0.2) is 0 Å². The Labute approximate surface area is 145 Å². The lowest BCUT2D eigenvalue weighted by Gasteiger charge is -2.67. The molecule has 4 rings (SSSR count). The molecule has 0 nitrogen and oxygen atoms in total. The first-order valence-corrected chi connectivity index (χ1v) is 8.83. The fraction of sp³-hybridized carbons (Fsp3) is 0.333. The van der Waals surface area contributed by atoms with Crippen LogP contribution in [0.4, 0.5) is 0 Å². The summed E-state index contributed by atoms with van der Waals surface area (Å²) in [6.45, 7) is 17.8. The van der Waals surface area contributed by atoms with Crippen LogP contribution < -0.4 is 0 Å². The Hall–Kier alpha value is -2.08. The smallest absolute Gasteiger partial charge is 0.0317 e. The number of hydrogen-bond acceptors (Lipinski definition) is 0. The lowest BCUT2D eigenvalue weighted by Crippen LogP contribution is -2.63. The third-order valence-corrected chi connectivity index (χ3v) is 6.60. The zero-order valence-corrected chi connectivity index (χ0v) is 15.2. The van der Waals surface area contributed by atoms with Gasteiger partial charge in [-0.25, -0.2) is 0 Å². The minimum atomic E-state index is 0.0728. The Bertz CT molecular complexity index is 863. The average molecular weight is 314 g/mol. The molecule has 0 radical (unpaired) electrons. The molecule has 2 aromatic rings. The lowest BCUT2D eigenvalue weighted by atomic mass is 9.36. The van der Waals surface area contributed by atoms with Gasteiger partial charge in [0, 0.05) is 5.41 Å². The van der Waals surface area contributed by atoms with Crippen molar-refractivity contribution >= 4 is 12.2 Å². The summed E-state index contributed by atoms with van der Waals surface area (Å²) >= 11 is 0. The first kappa shape index (κ1) is 15.4. The highest BCUT2D eigenvalue weighted by molar-refractivity contribution is 5.86. The molecule has 2 aliphatic carbocycles. The van der Waals surface area contributed by atoms with Gasteiger partial charge in [0.05, 0.1) is 0 Å². The van der Waals surface area contributed by atoms with Gasteiger partial charge in [0.1, 0.15) is 0 Å². The van der Waals surface area contributed by atoms with Crippen LogP contribution in [-0.2, 0) is 5.41 Å². The summed E-state index contributed by atoms with van der Waals surface area (Å²) in [5, 5.41) is 0. The van der Waals surface area contributed by atoms with E-state index < -0.39 is 0 Å². The van der Waals surface area contributed by atoms with Crippen LogP contribution >= 0.6 is 0 Å². The van der Waals surface area contributed by atoms with Gasteiger partial charge >= 0.3 is 0 Å². The van der Waals surface area contributed by atoms with Crippen molar-refractivity contribution in [3.8, 4) is 11.1 Å². The van der Waals surface area contributed by atoms with Crippen molar-refractivity contribution in [1.82, 2.24) is 0 Å². The molecule has 0 heterocycles. The summed E-state index contributed by atoms with van der Waals surface area (Å²) in [4.78, 5) is 0. The highest BCUT2D eigenvalue weighted by Gasteiger charge is 2.69. The molecule has 0 aliphatic heterocycles. The highest BCUT2D eigenvalue weighted by Crippen LogP contribution is 2.75. The summed E-state index contributed by atoms with van der Waals surface area (Å²) in [7, 11) is 0. The highest BCUT2D eigenvalue weighted by atomic mass is 14.7. The quantitative estimate of drug-likeness (QED) is 0.579. The maximum absolute atomic E-state index is 4.03. The molecule has 122 valence electrons. The largest absolute Gasteiger partial charge is 0.0984 e. The molecule has 0 aromatic heterocycles. The normalized spacial score (nSPS) is 20.8. The molecular weight excluding hydrogens is 288 g/mol. The molecule has 1 fully saturated rings. The summed E-state index contributed by atoms with van der Waals surface area (Å²) in [6.07, 6.45) is 5.15. The van der Waals surface area contributed by atoms with Crippen molar-refractivity contribution in [3.63, 3.8) is 0 Å². The number of benzene rings is 2. The van der Waals surface area contributed by atoms with Gasteiger partial charge in [-0.1, -0.05) is 77.3 Å². The van der Waals surface area contributed by atoms with Gasteiger partial charge in [-0.2, -0.15) is 0 Å².